The van der Waals surface area contributed by atoms with E-state index >= 15 is 0 Å². The van der Waals surface area contributed by atoms with Crippen LogP contribution in [0.5, 0.6) is 0 Å². The lowest BCUT2D eigenvalue weighted by Crippen LogP contribution is -2.54. The van der Waals surface area contributed by atoms with E-state index in [0.29, 0.717) is 32.0 Å². The van der Waals surface area contributed by atoms with E-state index in [2.05, 4.69) is 0 Å². The molecule has 6 nitrogen and oxygen atoms in total. The van der Waals surface area contributed by atoms with Gasteiger partial charge in [-0.05, 0) is 38.0 Å². The molecule has 0 amide bonds. The average Bonchev–Trinajstić information content (AvgIpc) is 2.37. The van der Waals surface area contributed by atoms with Crippen molar-refractivity contribution in [2.75, 3.05) is 19.6 Å². The van der Waals surface area contributed by atoms with Crippen molar-refractivity contribution in [1.82, 2.24) is 8.61 Å². The van der Waals surface area contributed by atoms with Crippen LogP contribution in [0.2, 0.25) is 0 Å². The predicted molar refractivity (Wildman–Crippen MR) is 75.5 cm³/mol. The summed E-state index contributed by atoms with van der Waals surface area (Å²) in [6.07, 6.45) is 5.25. The van der Waals surface area contributed by atoms with E-state index in [9.17, 15) is 18.3 Å². The second-order valence-corrected chi connectivity index (χ2v) is 7.60. The fourth-order valence-corrected chi connectivity index (χ4v) is 4.83. The van der Waals surface area contributed by atoms with E-state index in [-0.39, 0.29) is 0 Å². The van der Waals surface area contributed by atoms with E-state index in [0.717, 1.165) is 25.7 Å². The van der Waals surface area contributed by atoms with Crippen LogP contribution < -0.4 is 0 Å². The topological polar surface area (TPSA) is 77.9 Å². The number of hydrogen-bond donors (Lipinski definition) is 1. The summed E-state index contributed by atoms with van der Waals surface area (Å²) in [4.78, 5) is 11.3. The number of rotatable bonds is 6. The molecule has 116 valence electrons. The van der Waals surface area contributed by atoms with Gasteiger partial charge in [0.05, 0.1) is 0 Å². The standard InChI is InChI=1S/C13H24N2O4S/c1-2-14(10-11-6-5-7-11)20(18,19)15-9-4-3-8-12(15)13(16)17/h11-12H,2-10H2,1H3,(H,16,17). The SMILES string of the molecule is CCN(CC1CCC1)S(=O)(=O)N1CCCCC1C(=O)O. The minimum Gasteiger partial charge on any atom is -0.480 e. The van der Waals surface area contributed by atoms with Gasteiger partial charge in [0.2, 0.25) is 0 Å². The highest BCUT2D eigenvalue weighted by molar-refractivity contribution is 7.86. The summed E-state index contributed by atoms with van der Waals surface area (Å²) in [6.45, 7) is 3.07. The molecular weight excluding hydrogens is 280 g/mol. The zero-order chi connectivity index (χ0) is 14.8. The molecule has 2 aliphatic rings. The third-order valence-corrected chi connectivity index (χ3v) is 6.49. The highest BCUT2D eigenvalue weighted by atomic mass is 32.2. The summed E-state index contributed by atoms with van der Waals surface area (Å²) in [7, 11) is -3.65. The Morgan fingerprint density at radius 2 is 1.95 bits per heavy atom. The van der Waals surface area contributed by atoms with Crippen molar-refractivity contribution < 1.29 is 18.3 Å². The van der Waals surface area contributed by atoms with Crippen LogP contribution in [-0.4, -0.2) is 53.8 Å². The third-order valence-electron chi connectivity index (χ3n) is 4.40. The summed E-state index contributed by atoms with van der Waals surface area (Å²) in [5, 5.41) is 9.24. The van der Waals surface area contributed by atoms with Crippen LogP contribution in [0.15, 0.2) is 0 Å². The Morgan fingerprint density at radius 3 is 2.45 bits per heavy atom. The fourth-order valence-electron chi connectivity index (χ4n) is 2.93. The lowest BCUT2D eigenvalue weighted by Gasteiger charge is -2.38. The van der Waals surface area contributed by atoms with Crippen LogP contribution in [0.25, 0.3) is 0 Å². The van der Waals surface area contributed by atoms with Crippen LogP contribution in [0, 0.1) is 5.92 Å². The molecule has 1 saturated heterocycles. The van der Waals surface area contributed by atoms with Crippen molar-refractivity contribution >= 4 is 16.2 Å². The van der Waals surface area contributed by atoms with Gasteiger partial charge >= 0.3 is 5.97 Å². The molecule has 1 aliphatic heterocycles. The molecular formula is C13H24N2O4S. The molecule has 1 heterocycles. The van der Waals surface area contributed by atoms with Gasteiger partial charge in [-0.2, -0.15) is 17.0 Å². The Labute approximate surface area is 120 Å². The van der Waals surface area contributed by atoms with E-state index in [4.69, 9.17) is 0 Å². The number of piperidine rings is 1. The minimum absolute atomic E-state index is 0.320. The van der Waals surface area contributed by atoms with Crippen molar-refractivity contribution in [2.45, 2.75) is 51.5 Å². The molecule has 0 aromatic heterocycles. The first-order valence-corrected chi connectivity index (χ1v) is 8.86. The summed E-state index contributed by atoms with van der Waals surface area (Å²) in [5.41, 5.74) is 0. The zero-order valence-corrected chi connectivity index (χ0v) is 12.8. The number of carbonyl (C=O) groups is 1. The van der Waals surface area contributed by atoms with Gasteiger partial charge in [-0.1, -0.05) is 13.3 Å². The van der Waals surface area contributed by atoms with Gasteiger partial charge in [-0.3, -0.25) is 4.79 Å². The Hall–Kier alpha value is -0.660. The van der Waals surface area contributed by atoms with Crippen molar-refractivity contribution in [3.63, 3.8) is 0 Å². The molecule has 2 rings (SSSR count). The zero-order valence-electron chi connectivity index (χ0n) is 12.0. The average molecular weight is 304 g/mol. The van der Waals surface area contributed by atoms with Gasteiger partial charge in [-0.15, -0.1) is 0 Å². The highest BCUT2D eigenvalue weighted by Crippen LogP contribution is 2.29. The highest BCUT2D eigenvalue weighted by Gasteiger charge is 2.40. The second-order valence-electron chi connectivity index (χ2n) is 5.72. The monoisotopic (exact) mass is 304 g/mol. The maximum Gasteiger partial charge on any atom is 0.322 e. The van der Waals surface area contributed by atoms with Gasteiger partial charge in [0.1, 0.15) is 6.04 Å². The number of aliphatic carboxylic acids is 1. The summed E-state index contributed by atoms with van der Waals surface area (Å²) in [6, 6.07) is -0.899. The van der Waals surface area contributed by atoms with Gasteiger partial charge < -0.3 is 5.11 Å². The van der Waals surface area contributed by atoms with Crippen LogP contribution >= 0.6 is 0 Å². The van der Waals surface area contributed by atoms with Crippen molar-refractivity contribution in [3.05, 3.63) is 0 Å². The van der Waals surface area contributed by atoms with Gasteiger partial charge in [0, 0.05) is 19.6 Å². The Kier molecular flexibility index (Phi) is 5.04. The molecule has 0 aromatic carbocycles. The van der Waals surface area contributed by atoms with Crippen molar-refractivity contribution in [2.24, 2.45) is 5.92 Å². The molecule has 0 radical (unpaired) electrons. The molecule has 7 heteroatoms. The Balaban J connectivity index is 2.14. The van der Waals surface area contributed by atoms with E-state index < -0.39 is 22.2 Å². The van der Waals surface area contributed by atoms with Gasteiger partial charge in [0.25, 0.3) is 10.2 Å². The molecule has 0 bridgehead atoms. The summed E-state index contributed by atoms with van der Waals surface area (Å²) in [5.74, 6) is -0.592. The van der Waals surface area contributed by atoms with Crippen LogP contribution in [-0.2, 0) is 15.0 Å². The number of carboxylic acid groups (broad SMARTS) is 1. The number of nitrogens with zero attached hydrogens (tertiary/aromatic N) is 2. The van der Waals surface area contributed by atoms with Gasteiger partial charge in [0.15, 0.2) is 0 Å². The first-order valence-electron chi connectivity index (χ1n) is 7.46. The first kappa shape index (κ1) is 15.7. The number of carboxylic acids is 1. The quantitative estimate of drug-likeness (QED) is 0.802. The fraction of sp³-hybridized carbons (Fsp3) is 0.923. The molecule has 1 N–H and O–H groups in total. The minimum atomic E-state index is -3.65. The number of hydrogen-bond acceptors (Lipinski definition) is 3. The maximum absolute atomic E-state index is 12.7. The molecule has 0 aromatic rings. The Morgan fingerprint density at radius 1 is 1.25 bits per heavy atom. The molecule has 1 saturated carbocycles. The summed E-state index contributed by atoms with van der Waals surface area (Å²) >= 11 is 0. The predicted octanol–water partition coefficient (Wildman–Crippen LogP) is 1.29. The molecule has 1 atom stereocenters. The van der Waals surface area contributed by atoms with Crippen molar-refractivity contribution in [3.8, 4) is 0 Å². The second kappa shape index (κ2) is 6.41. The van der Waals surface area contributed by atoms with Crippen LogP contribution in [0.3, 0.4) is 0 Å². The van der Waals surface area contributed by atoms with E-state index in [1.165, 1.54) is 15.0 Å². The first-order chi connectivity index (χ1) is 9.46. The maximum atomic E-state index is 12.7. The lowest BCUT2D eigenvalue weighted by atomic mass is 9.85. The molecule has 0 spiro atoms. The molecule has 2 fully saturated rings. The third kappa shape index (κ3) is 3.15. The molecule has 1 aliphatic carbocycles. The Bertz CT molecular complexity index is 447. The van der Waals surface area contributed by atoms with Crippen LogP contribution in [0.1, 0.15) is 45.4 Å². The molecule has 20 heavy (non-hydrogen) atoms. The molecule has 1 unspecified atom stereocenters. The van der Waals surface area contributed by atoms with E-state index in [1.54, 1.807) is 0 Å². The van der Waals surface area contributed by atoms with Crippen LogP contribution in [0.4, 0.5) is 0 Å². The summed E-state index contributed by atoms with van der Waals surface area (Å²) < 4.78 is 28.0. The smallest absolute Gasteiger partial charge is 0.322 e. The van der Waals surface area contributed by atoms with E-state index in [1.807, 2.05) is 6.92 Å². The lowest BCUT2D eigenvalue weighted by molar-refractivity contribution is -0.142. The normalized spacial score (nSPS) is 25.6. The van der Waals surface area contributed by atoms with Gasteiger partial charge in [-0.25, -0.2) is 0 Å². The largest absolute Gasteiger partial charge is 0.480 e. The van der Waals surface area contributed by atoms with Crippen molar-refractivity contribution in [1.29, 1.82) is 0 Å².